The number of nitro groups is 1. The van der Waals surface area contributed by atoms with Crippen LogP contribution >= 0.6 is 0 Å². The molecule has 0 saturated heterocycles. The van der Waals surface area contributed by atoms with Gasteiger partial charge in [0.1, 0.15) is 6.10 Å². The van der Waals surface area contributed by atoms with Gasteiger partial charge in [-0.15, -0.1) is 0 Å². The van der Waals surface area contributed by atoms with Crippen LogP contribution in [0.3, 0.4) is 0 Å². The van der Waals surface area contributed by atoms with Gasteiger partial charge in [0.15, 0.2) is 15.6 Å². The number of sulfone groups is 1. The summed E-state index contributed by atoms with van der Waals surface area (Å²) in [6, 6.07) is 3.74. The second kappa shape index (κ2) is 5.98. The fourth-order valence-electron chi connectivity index (χ4n) is 2.44. The maximum atomic E-state index is 11.5. The summed E-state index contributed by atoms with van der Waals surface area (Å²) in [5.74, 6) is 0.0894. The molecule has 21 heavy (non-hydrogen) atoms. The fourth-order valence-corrected chi connectivity index (χ4v) is 3.08. The van der Waals surface area contributed by atoms with Crippen LogP contribution in [0.2, 0.25) is 0 Å². The third-order valence-electron chi connectivity index (χ3n) is 3.52. The summed E-state index contributed by atoms with van der Waals surface area (Å²) in [6.45, 7) is 0. The SMILES string of the molecule is CS(=O)(=O)c1ccc(OC2CCCC(N)C2)c([N+](=O)[O-])c1. The van der Waals surface area contributed by atoms with Crippen LogP contribution in [0.5, 0.6) is 5.75 Å². The fraction of sp³-hybridized carbons (Fsp3) is 0.538. The van der Waals surface area contributed by atoms with Crippen LogP contribution in [0.4, 0.5) is 5.69 Å². The summed E-state index contributed by atoms with van der Waals surface area (Å²) >= 11 is 0. The van der Waals surface area contributed by atoms with Gasteiger partial charge in [-0.05, 0) is 37.8 Å². The number of benzene rings is 1. The van der Waals surface area contributed by atoms with Gasteiger partial charge in [0.2, 0.25) is 0 Å². The van der Waals surface area contributed by atoms with Crippen LogP contribution in [0.1, 0.15) is 25.7 Å². The zero-order valence-corrected chi connectivity index (χ0v) is 12.5. The van der Waals surface area contributed by atoms with Crippen molar-refractivity contribution in [3.05, 3.63) is 28.3 Å². The molecule has 1 saturated carbocycles. The molecule has 2 unspecified atom stereocenters. The van der Waals surface area contributed by atoms with Crippen molar-refractivity contribution in [2.24, 2.45) is 5.73 Å². The van der Waals surface area contributed by atoms with Crippen LogP contribution in [0.15, 0.2) is 23.1 Å². The molecule has 1 aliphatic rings. The first-order valence-corrected chi connectivity index (χ1v) is 8.57. The lowest BCUT2D eigenvalue weighted by atomic mass is 9.93. The molecule has 0 heterocycles. The number of rotatable bonds is 4. The predicted octanol–water partition coefficient (Wildman–Crippen LogP) is 1.65. The Kier molecular flexibility index (Phi) is 4.48. The summed E-state index contributed by atoms with van der Waals surface area (Å²) in [5.41, 5.74) is 5.53. The summed E-state index contributed by atoms with van der Waals surface area (Å²) in [6.07, 6.45) is 4.11. The van der Waals surface area contributed by atoms with Crippen molar-refractivity contribution in [3.63, 3.8) is 0 Å². The van der Waals surface area contributed by atoms with E-state index in [1.807, 2.05) is 0 Å². The highest BCUT2D eigenvalue weighted by molar-refractivity contribution is 7.90. The van der Waals surface area contributed by atoms with Crippen molar-refractivity contribution in [1.29, 1.82) is 0 Å². The van der Waals surface area contributed by atoms with E-state index in [0.717, 1.165) is 31.6 Å². The Morgan fingerprint density at radius 3 is 2.67 bits per heavy atom. The molecule has 0 bridgehead atoms. The highest BCUT2D eigenvalue weighted by Crippen LogP contribution is 2.32. The van der Waals surface area contributed by atoms with Crippen LogP contribution < -0.4 is 10.5 Å². The Balaban J connectivity index is 2.28. The molecule has 0 aromatic heterocycles. The molecule has 1 aromatic rings. The average molecular weight is 314 g/mol. The lowest BCUT2D eigenvalue weighted by molar-refractivity contribution is -0.386. The molecule has 2 N–H and O–H groups in total. The van der Waals surface area contributed by atoms with Gasteiger partial charge < -0.3 is 10.5 Å². The van der Waals surface area contributed by atoms with E-state index in [1.165, 1.54) is 12.1 Å². The van der Waals surface area contributed by atoms with E-state index in [2.05, 4.69) is 0 Å². The molecule has 0 spiro atoms. The van der Waals surface area contributed by atoms with Crippen molar-refractivity contribution in [2.45, 2.75) is 42.7 Å². The molecule has 1 aromatic carbocycles. The Labute approximate surface area is 123 Å². The highest BCUT2D eigenvalue weighted by atomic mass is 32.2. The quantitative estimate of drug-likeness (QED) is 0.668. The Morgan fingerprint density at radius 1 is 1.38 bits per heavy atom. The third kappa shape index (κ3) is 3.92. The zero-order chi connectivity index (χ0) is 15.6. The van der Waals surface area contributed by atoms with E-state index in [-0.39, 0.29) is 28.5 Å². The first-order valence-electron chi connectivity index (χ1n) is 6.68. The summed E-state index contributed by atoms with van der Waals surface area (Å²) in [5, 5.41) is 11.1. The van der Waals surface area contributed by atoms with Gasteiger partial charge in [0.25, 0.3) is 0 Å². The minimum absolute atomic E-state index is 0.0399. The molecule has 1 fully saturated rings. The molecule has 1 aliphatic carbocycles. The summed E-state index contributed by atoms with van der Waals surface area (Å²) < 4.78 is 28.6. The number of nitrogens with zero attached hydrogens (tertiary/aromatic N) is 1. The minimum Gasteiger partial charge on any atom is -0.483 e. The summed E-state index contributed by atoms with van der Waals surface area (Å²) in [4.78, 5) is 10.4. The third-order valence-corrected chi connectivity index (χ3v) is 4.63. The lowest BCUT2D eigenvalue weighted by Gasteiger charge is -2.27. The average Bonchev–Trinajstić information content (AvgIpc) is 2.37. The van der Waals surface area contributed by atoms with Gasteiger partial charge in [-0.25, -0.2) is 8.42 Å². The molecule has 2 rings (SSSR count). The maximum absolute atomic E-state index is 11.5. The van der Waals surface area contributed by atoms with Gasteiger partial charge >= 0.3 is 5.69 Å². The molecular weight excluding hydrogens is 296 g/mol. The number of nitrogens with two attached hydrogens (primary N) is 1. The monoisotopic (exact) mass is 314 g/mol. The molecule has 0 aliphatic heterocycles. The van der Waals surface area contributed by atoms with E-state index in [4.69, 9.17) is 10.5 Å². The number of nitro benzene ring substituents is 1. The molecule has 0 radical (unpaired) electrons. The molecule has 7 nitrogen and oxygen atoms in total. The number of hydrogen-bond donors (Lipinski definition) is 1. The minimum atomic E-state index is -3.50. The Hall–Kier alpha value is -1.67. The van der Waals surface area contributed by atoms with Crippen LogP contribution in [-0.4, -0.2) is 31.7 Å². The predicted molar refractivity (Wildman–Crippen MR) is 77.1 cm³/mol. The molecule has 116 valence electrons. The van der Waals surface area contributed by atoms with Gasteiger partial charge in [0, 0.05) is 18.4 Å². The second-order valence-electron chi connectivity index (χ2n) is 5.33. The van der Waals surface area contributed by atoms with Crippen molar-refractivity contribution in [1.82, 2.24) is 0 Å². The van der Waals surface area contributed by atoms with Crippen LogP contribution in [0, 0.1) is 10.1 Å². The van der Waals surface area contributed by atoms with Gasteiger partial charge in [-0.2, -0.15) is 0 Å². The van der Waals surface area contributed by atoms with Crippen molar-refractivity contribution in [3.8, 4) is 5.75 Å². The second-order valence-corrected chi connectivity index (χ2v) is 7.34. The van der Waals surface area contributed by atoms with Gasteiger partial charge in [-0.1, -0.05) is 0 Å². The normalized spacial score (nSPS) is 22.8. The first-order chi connectivity index (χ1) is 9.77. The van der Waals surface area contributed by atoms with E-state index in [1.54, 1.807) is 0 Å². The molecule has 8 heteroatoms. The number of ether oxygens (including phenoxy) is 1. The van der Waals surface area contributed by atoms with E-state index in [9.17, 15) is 18.5 Å². The first kappa shape index (κ1) is 15.7. The standard InChI is InChI=1S/C13H18N2O5S/c1-21(18,19)11-5-6-13(12(8-11)15(16)17)20-10-4-2-3-9(14)7-10/h5-6,8-10H,2-4,7,14H2,1H3. The zero-order valence-electron chi connectivity index (χ0n) is 11.7. The largest absolute Gasteiger partial charge is 0.483 e. The molecular formula is C13H18N2O5S. The van der Waals surface area contributed by atoms with E-state index in [0.29, 0.717) is 6.42 Å². The van der Waals surface area contributed by atoms with Crippen molar-refractivity contribution >= 4 is 15.5 Å². The number of hydrogen-bond acceptors (Lipinski definition) is 6. The van der Waals surface area contributed by atoms with Gasteiger partial charge in [-0.3, -0.25) is 10.1 Å². The molecule has 0 amide bonds. The van der Waals surface area contributed by atoms with Crippen LogP contribution in [-0.2, 0) is 9.84 Å². The lowest BCUT2D eigenvalue weighted by Crippen LogP contribution is -2.33. The summed E-state index contributed by atoms with van der Waals surface area (Å²) in [7, 11) is -3.50. The Bertz CT molecular complexity index is 644. The van der Waals surface area contributed by atoms with Gasteiger partial charge in [0.05, 0.1) is 9.82 Å². The maximum Gasteiger partial charge on any atom is 0.312 e. The topological polar surface area (TPSA) is 113 Å². The highest BCUT2D eigenvalue weighted by Gasteiger charge is 2.25. The molecule has 2 atom stereocenters. The van der Waals surface area contributed by atoms with Crippen molar-refractivity contribution < 1.29 is 18.1 Å². The Morgan fingerprint density at radius 2 is 2.10 bits per heavy atom. The van der Waals surface area contributed by atoms with Crippen LogP contribution in [0.25, 0.3) is 0 Å². The van der Waals surface area contributed by atoms with Crippen molar-refractivity contribution in [2.75, 3.05) is 6.26 Å². The van der Waals surface area contributed by atoms with E-state index < -0.39 is 14.8 Å². The smallest absolute Gasteiger partial charge is 0.312 e. The van der Waals surface area contributed by atoms with E-state index >= 15 is 0 Å².